The van der Waals surface area contributed by atoms with Crippen molar-refractivity contribution >= 4 is 34.4 Å². The van der Waals surface area contributed by atoms with Gasteiger partial charge in [-0.3, -0.25) is 14.2 Å². The van der Waals surface area contributed by atoms with Gasteiger partial charge in [-0.15, -0.1) is 0 Å². The summed E-state index contributed by atoms with van der Waals surface area (Å²) in [5.41, 5.74) is 4.85. The predicted molar refractivity (Wildman–Crippen MR) is 115 cm³/mol. The smallest absolute Gasteiger partial charge is 0.278 e. The number of benzene rings is 1. The van der Waals surface area contributed by atoms with Crippen molar-refractivity contribution in [3.63, 3.8) is 0 Å². The largest absolute Gasteiger partial charge is 0.353 e. The quantitative estimate of drug-likeness (QED) is 0.478. The standard InChI is InChI=1S/C21H26N4O2S/c1-6-15(5)25-20(27)19-16(10-14(4)22-19)23-21(25)28-11-17(26)24-18-12(2)8-7-9-13(18)3/h7-10,15,22H,6,11H2,1-5H3,(H,24,26)/t15-/m0/s1. The molecule has 3 rings (SSSR count). The number of fused-ring (bicyclic) bond motifs is 1. The number of thioether (sulfide) groups is 1. The van der Waals surface area contributed by atoms with Crippen molar-refractivity contribution in [1.29, 1.82) is 0 Å². The molecule has 0 spiro atoms. The number of hydrogen-bond acceptors (Lipinski definition) is 4. The maximum Gasteiger partial charge on any atom is 0.278 e. The fourth-order valence-corrected chi connectivity index (χ4v) is 4.08. The molecule has 0 unspecified atom stereocenters. The lowest BCUT2D eigenvalue weighted by Gasteiger charge is -2.17. The summed E-state index contributed by atoms with van der Waals surface area (Å²) in [5, 5.41) is 3.56. The number of hydrogen-bond donors (Lipinski definition) is 2. The Morgan fingerprint density at radius 2 is 1.96 bits per heavy atom. The first-order chi connectivity index (χ1) is 13.3. The van der Waals surface area contributed by atoms with Gasteiger partial charge in [0.2, 0.25) is 5.91 Å². The average molecular weight is 399 g/mol. The number of aryl methyl sites for hydroxylation is 3. The maximum atomic E-state index is 13.0. The van der Waals surface area contributed by atoms with Gasteiger partial charge in [0.15, 0.2) is 5.16 Å². The molecule has 0 radical (unpaired) electrons. The molecule has 0 fully saturated rings. The second-order valence-corrected chi connectivity index (χ2v) is 8.09. The number of nitrogens with zero attached hydrogens (tertiary/aromatic N) is 2. The van der Waals surface area contributed by atoms with Gasteiger partial charge in [0.05, 0.1) is 11.3 Å². The SMILES string of the molecule is CC[C@H](C)n1c(SCC(=O)Nc2c(C)cccc2C)nc2cc(C)[nH]c2c1=O. The minimum Gasteiger partial charge on any atom is -0.353 e. The Morgan fingerprint density at radius 3 is 2.61 bits per heavy atom. The van der Waals surface area contributed by atoms with E-state index in [1.807, 2.05) is 58.9 Å². The maximum absolute atomic E-state index is 13.0. The molecule has 148 valence electrons. The topological polar surface area (TPSA) is 79.8 Å². The van der Waals surface area contributed by atoms with Crippen LogP contribution in [0.25, 0.3) is 11.0 Å². The van der Waals surface area contributed by atoms with E-state index in [0.717, 1.165) is 28.9 Å². The minimum atomic E-state index is -0.113. The predicted octanol–water partition coefficient (Wildman–Crippen LogP) is 4.35. The lowest BCUT2D eigenvalue weighted by atomic mass is 10.1. The number of aromatic nitrogens is 3. The van der Waals surface area contributed by atoms with E-state index >= 15 is 0 Å². The van der Waals surface area contributed by atoms with Crippen molar-refractivity contribution in [3.05, 3.63) is 51.4 Å². The molecular formula is C21H26N4O2S. The molecular weight excluding hydrogens is 372 g/mol. The molecule has 1 aromatic carbocycles. The summed E-state index contributed by atoms with van der Waals surface area (Å²) in [5.74, 6) is 0.0728. The third-order valence-corrected chi connectivity index (χ3v) is 5.85. The molecule has 28 heavy (non-hydrogen) atoms. The Labute approximate surface area is 168 Å². The summed E-state index contributed by atoms with van der Waals surface area (Å²) in [4.78, 5) is 33.3. The van der Waals surface area contributed by atoms with Crippen LogP contribution in [-0.4, -0.2) is 26.2 Å². The van der Waals surface area contributed by atoms with Gasteiger partial charge in [-0.25, -0.2) is 4.98 Å². The molecule has 1 amide bonds. The van der Waals surface area contributed by atoms with Gasteiger partial charge in [0.1, 0.15) is 5.52 Å². The first-order valence-corrected chi connectivity index (χ1v) is 10.4. The van der Waals surface area contributed by atoms with Crippen LogP contribution in [0, 0.1) is 20.8 Å². The lowest BCUT2D eigenvalue weighted by molar-refractivity contribution is -0.113. The normalized spacial score (nSPS) is 12.3. The van der Waals surface area contributed by atoms with Crippen LogP contribution < -0.4 is 10.9 Å². The van der Waals surface area contributed by atoms with E-state index in [1.54, 1.807) is 4.57 Å². The number of anilines is 1. The number of carbonyl (C=O) groups is 1. The summed E-state index contributed by atoms with van der Waals surface area (Å²) in [6, 6.07) is 7.77. The van der Waals surface area contributed by atoms with Crippen molar-refractivity contribution in [3.8, 4) is 0 Å². The fourth-order valence-electron chi connectivity index (χ4n) is 3.18. The molecule has 0 saturated heterocycles. The molecule has 0 bridgehead atoms. The third-order valence-electron chi connectivity index (χ3n) is 4.90. The van der Waals surface area contributed by atoms with Crippen LogP contribution >= 0.6 is 11.8 Å². The first-order valence-electron chi connectivity index (χ1n) is 9.42. The molecule has 7 heteroatoms. The van der Waals surface area contributed by atoms with E-state index in [-0.39, 0.29) is 23.3 Å². The fraction of sp³-hybridized carbons (Fsp3) is 0.381. The van der Waals surface area contributed by atoms with E-state index in [9.17, 15) is 9.59 Å². The van der Waals surface area contributed by atoms with Gasteiger partial charge in [0, 0.05) is 17.4 Å². The van der Waals surface area contributed by atoms with E-state index in [0.29, 0.717) is 16.2 Å². The zero-order valence-electron chi connectivity index (χ0n) is 16.9. The second kappa shape index (κ2) is 8.22. The Kier molecular flexibility index (Phi) is 5.93. The zero-order valence-corrected chi connectivity index (χ0v) is 17.7. The van der Waals surface area contributed by atoms with Gasteiger partial charge < -0.3 is 10.3 Å². The van der Waals surface area contributed by atoms with Crippen molar-refractivity contribution in [1.82, 2.24) is 14.5 Å². The number of amides is 1. The highest BCUT2D eigenvalue weighted by Crippen LogP contribution is 2.24. The van der Waals surface area contributed by atoms with Gasteiger partial charge in [0.25, 0.3) is 5.56 Å². The van der Waals surface area contributed by atoms with Crippen molar-refractivity contribution in [2.45, 2.75) is 52.2 Å². The molecule has 0 aliphatic heterocycles. The Hall–Kier alpha value is -2.54. The van der Waals surface area contributed by atoms with Crippen LogP contribution in [0.3, 0.4) is 0 Å². The van der Waals surface area contributed by atoms with Crippen LogP contribution in [0.15, 0.2) is 34.2 Å². The van der Waals surface area contributed by atoms with Gasteiger partial charge in [-0.2, -0.15) is 0 Å². The molecule has 0 aliphatic rings. The van der Waals surface area contributed by atoms with E-state index in [2.05, 4.69) is 15.3 Å². The molecule has 3 aromatic rings. The molecule has 1 atom stereocenters. The molecule has 0 saturated carbocycles. The van der Waals surface area contributed by atoms with Crippen molar-refractivity contribution in [2.24, 2.45) is 0 Å². The summed E-state index contributed by atoms with van der Waals surface area (Å²) in [6.07, 6.45) is 0.801. The number of rotatable bonds is 6. The van der Waals surface area contributed by atoms with E-state index in [1.165, 1.54) is 11.8 Å². The molecule has 2 N–H and O–H groups in total. The number of carbonyl (C=O) groups excluding carboxylic acids is 1. The Morgan fingerprint density at radius 1 is 1.29 bits per heavy atom. The Balaban J connectivity index is 1.87. The number of H-pyrrole nitrogens is 1. The zero-order chi connectivity index (χ0) is 20.4. The van der Waals surface area contributed by atoms with Crippen molar-refractivity contribution in [2.75, 3.05) is 11.1 Å². The molecule has 0 aliphatic carbocycles. The number of aromatic amines is 1. The summed E-state index contributed by atoms with van der Waals surface area (Å²) in [6.45, 7) is 9.87. The van der Waals surface area contributed by atoms with Crippen LogP contribution in [0.4, 0.5) is 5.69 Å². The lowest BCUT2D eigenvalue weighted by Crippen LogP contribution is -2.26. The highest BCUT2D eigenvalue weighted by molar-refractivity contribution is 7.99. The van der Waals surface area contributed by atoms with Crippen LogP contribution in [0.2, 0.25) is 0 Å². The summed E-state index contributed by atoms with van der Waals surface area (Å²) in [7, 11) is 0. The van der Waals surface area contributed by atoms with Crippen LogP contribution in [-0.2, 0) is 4.79 Å². The van der Waals surface area contributed by atoms with Crippen LogP contribution in [0.5, 0.6) is 0 Å². The molecule has 2 aromatic heterocycles. The van der Waals surface area contributed by atoms with Gasteiger partial charge >= 0.3 is 0 Å². The second-order valence-electron chi connectivity index (χ2n) is 7.14. The van der Waals surface area contributed by atoms with Gasteiger partial charge in [-0.05, 0) is 51.3 Å². The summed E-state index contributed by atoms with van der Waals surface area (Å²) >= 11 is 1.29. The highest BCUT2D eigenvalue weighted by atomic mass is 32.2. The third kappa shape index (κ3) is 3.99. The van der Waals surface area contributed by atoms with E-state index < -0.39 is 0 Å². The average Bonchev–Trinajstić information content (AvgIpc) is 3.03. The Bertz CT molecular complexity index is 1060. The molecule has 6 nitrogen and oxygen atoms in total. The van der Waals surface area contributed by atoms with Gasteiger partial charge in [-0.1, -0.05) is 36.9 Å². The number of nitrogens with one attached hydrogen (secondary N) is 2. The highest BCUT2D eigenvalue weighted by Gasteiger charge is 2.18. The van der Waals surface area contributed by atoms with E-state index in [4.69, 9.17) is 0 Å². The van der Waals surface area contributed by atoms with Crippen LogP contribution in [0.1, 0.15) is 43.1 Å². The monoisotopic (exact) mass is 398 g/mol. The molecule has 2 heterocycles. The first kappa shape index (κ1) is 20.2. The minimum absolute atomic E-state index is 0.00261. The van der Waals surface area contributed by atoms with Crippen molar-refractivity contribution < 1.29 is 4.79 Å². The number of para-hydroxylation sites is 1. The summed E-state index contributed by atoms with van der Waals surface area (Å²) < 4.78 is 1.69.